The molecular formula is C14H12BrN3OS. The van der Waals surface area contributed by atoms with Crippen molar-refractivity contribution >= 4 is 27.7 Å². The zero-order valence-electron chi connectivity index (χ0n) is 10.8. The standard InChI is InChI=1S/C14H12BrN3OS/c1-2-20-14-16-13(17-18-14)12-8-7-11(19-12)9-3-5-10(15)6-4-9/h3-8H,2H2,1H3,(H,16,17,18). The smallest absolute Gasteiger partial charge is 0.208 e. The third kappa shape index (κ3) is 2.81. The summed E-state index contributed by atoms with van der Waals surface area (Å²) in [6.07, 6.45) is 0. The van der Waals surface area contributed by atoms with Crippen LogP contribution in [0.25, 0.3) is 22.9 Å². The number of benzene rings is 1. The Labute approximate surface area is 129 Å². The van der Waals surface area contributed by atoms with Crippen molar-refractivity contribution in [2.24, 2.45) is 0 Å². The second-order valence-electron chi connectivity index (χ2n) is 4.07. The van der Waals surface area contributed by atoms with Crippen molar-refractivity contribution < 1.29 is 4.42 Å². The van der Waals surface area contributed by atoms with Gasteiger partial charge in [-0.3, -0.25) is 5.10 Å². The maximum Gasteiger partial charge on any atom is 0.208 e. The van der Waals surface area contributed by atoms with Crippen molar-refractivity contribution in [1.82, 2.24) is 15.2 Å². The lowest BCUT2D eigenvalue weighted by Gasteiger charge is -1.96. The normalized spacial score (nSPS) is 10.9. The molecule has 0 bridgehead atoms. The Bertz CT molecular complexity index is 705. The van der Waals surface area contributed by atoms with E-state index in [4.69, 9.17) is 4.42 Å². The van der Waals surface area contributed by atoms with E-state index in [1.54, 1.807) is 11.8 Å². The quantitative estimate of drug-likeness (QED) is 0.699. The number of furan rings is 1. The molecule has 2 heterocycles. The summed E-state index contributed by atoms with van der Waals surface area (Å²) in [6.45, 7) is 2.07. The number of aromatic nitrogens is 3. The van der Waals surface area contributed by atoms with E-state index < -0.39 is 0 Å². The topological polar surface area (TPSA) is 54.7 Å². The van der Waals surface area contributed by atoms with Crippen molar-refractivity contribution in [2.75, 3.05) is 5.75 Å². The third-order valence-corrected chi connectivity index (χ3v) is 3.96. The van der Waals surface area contributed by atoms with Gasteiger partial charge < -0.3 is 4.42 Å². The van der Waals surface area contributed by atoms with Crippen molar-refractivity contribution in [1.29, 1.82) is 0 Å². The molecule has 0 aliphatic heterocycles. The Morgan fingerprint density at radius 1 is 1.15 bits per heavy atom. The van der Waals surface area contributed by atoms with Crippen molar-refractivity contribution in [3.05, 3.63) is 40.9 Å². The van der Waals surface area contributed by atoms with Crippen LogP contribution in [0.5, 0.6) is 0 Å². The molecule has 2 aromatic heterocycles. The largest absolute Gasteiger partial charge is 0.453 e. The van der Waals surface area contributed by atoms with Crippen LogP contribution in [0.4, 0.5) is 0 Å². The summed E-state index contributed by atoms with van der Waals surface area (Å²) in [5.74, 6) is 3.11. The van der Waals surface area contributed by atoms with E-state index in [1.165, 1.54) is 0 Å². The molecule has 0 saturated heterocycles. The van der Waals surface area contributed by atoms with E-state index in [1.807, 2.05) is 36.4 Å². The van der Waals surface area contributed by atoms with Gasteiger partial charge in [0.2, 0.25) is 5.16 Å². The summed E-state index contributed by atoms with van der Waals surface area (Å²) < 4.78 is 6.87. The summed E-state index contributed by atoms with van der Waals surface area (Å²) in [4.78, 5) is 4.39. The predicted octanol–water partition coefficient (Wildman–Crippen LogP) is 4.61. The van der Waals surface area contributed by atoms with Crippen LogP contribution in [0, 0.1) is 0 Å². The number of H-pyrrole nitrogens is 1. The molecule has 0 saturated carbocycles. The van der Waals surface area contributed by atoms with Gasteiger partial charge in [-0.15, -0.1) is 5.10 Å². The molecule has 6 heteroatoms. The van der Waals surface area contributed by atoms with Crippen LogP contribution in [0.1, 0.15) is 6.92 Å². The van der Waals surface area contributed by atoms with Gasteiger partial charge in [-0.2, -0.15) is 4.98 Å². The molecule has 0 aliphatic rings. The minimum absolute atomic E-state index is 0.657. The van der Waals surface area contributed by atoms with Crippen molar-refractivity contribution in [3.63, 3.8) is 0 Å². The number of rotatable bonds is 4. The van der Waals surface area contributed by atoms with Crippen LogP contribution in [-0.2, 0) is 0 Å². The first kappa shape index (κ1) is 13.5. The van der Waals surface area contributed by atoms with Crippen LogP contribution < -0.4 is 0 Å². The van der Waals surface area contributed by atoms with E-state index >= 15 is 0 Å². The first-order valence-electron chi connectivity index (χ1n) is 6.17. The van der Waals surface area contributed by atoms with E-state index in [0.29, 0.717) is 11.6 Å². The average molecular weight is 350 g/mol. The summed E-state index contributed by atoms with van der Waals surface area (Å²) in [7, 11) is 0. The fourth-order valence-electron chi connectivity index (χ4n) is 1.78. The highest BCUT2D eigenvalue weighted by Crippen LogP contribution is 2.28. The van der Waals surface area contributed by atoms with Gasteiger partial charge in [-0.05, 0) is 30.0 Å². The van der Waals surface area contributed by atoms with Crippen molar-refractivity contribution in [3.8, 4) is 22.9 Å². The van der Waals surface area contributed by atoms with Gasteiger partial charge in [0.25, 0.3) is 0 Å². The molecule has 1 aromatic carbocycles. The number of nitrogens with zero attached hydrogens (tertiary/aromatic N) is 2. The summed E-state index contributed by atoms with van der Waals surface area (Å²) in [6, 6.07) is 11.8. The molecule has 3 rings (SSSR count). The molecule has 3 aromatic rings. The summed E-state index contributed by atoms with van der Waals surface area (Å²) in [5.41, 5.74) is 1.03. The first-order valence-corrected chi connectivity index (χ1v) is 7.95. The zero-order valence-corrected chi connectivity index (χ0v) is 13.2. The van der Waals surface area contributed by atoms with Gasteiger partial charge in [-0.25, -0.2) is 0 Å². The molecule has 0 atom stereocenters. The molecule has 20 heavy (non-hydrogen) atoms. The maximum absolute atomic E-state index is 5.83. The molecule has 0 unspecified atom stereocenters. The van der Waals surface area contributed by atoms with Gasteiger partial charge in [0, 0.05) is 10.0 Å². The fraction of sp³-hybridized carbons (Fsp3) is 0.143. The van der Waals surface area contributed by atoms with Gasteiger partial charge in [0.15, 0.2) is 11.6 Å². The van der Waals surface area contributed by atoms with Gasteiger partial charge in [0.1, 0.15) is 5.76 Å². The second-order valence-corrected chi connectivity index (χ2v) is 6.22. The third-order valence-electron chi connectivity index (χ3n) is 2.71. The number of halogens is 1. The molecule has 0 amide bonds. The van der Waals surface area contributed by atoms with Gasteiger partial charge in [0.05, 0.1) is 0 Å². The van der Waals surface area contributed by atoms with Gasteiger partial charge >= 0.3 is 0 Å². The number of hydrogen-bond acceptors (Lipinski definition) is 4. The van der Waals surface area contributed by atoms with Crippen LogP contribution in [0.3, 0.4) is 0 Å². The molecule has 4 nitrogen and oxygen atoms in total. The maximum atomic E-state index is 5.83. The lowest BCUT2D eigenvalue weighted by molar-refractivity contribution is 0.592. The molecular weight excluding hydrogens is 338 g/mol. The lowest BCUT2D eigenvalue weighted by Crippen LogP contribution is -1.77. The SMILES string of the molecule is CCSc1n[nH]c(-c2ccc(-c3ccc(Br)cc3)o2)n1. The monoisotopic (exact) mass is 349 g/mol. The van der Waals surface area contributed by atoms with E-state index in [2.05, 4.69) is 38.0 Å². The van der Waals surface area contributed by atoms with Crippen LogP contribution in [0.15, 0.2) is 50.4 Å². The van der Waals surface area contributed by atoms with E-state index in [0.717, 1.165) is 26.7 Å². The Hall–Kier alpha value is -1.53. The Morgan fingerprint density at radius 3 is 2.65 bits per heavy atom. The van der Waals surface area contributed by atoms with Crippen LogP contribution in [0.2, 0.25) is 0 Å². The Balaban J connectivity index is 1.87. The second kappa shape index (κ2) is 5.85. The van der Waals surface area contributed by atoms with Crippen molar-refractivity contribution in [2.45, 2.75) is 12.1 Å². The molecule has 1 N–H and O–H groups in total. The summed E-state index contributed by atoms with van der Waals surface area (Å²) in [5, 5.41) is 7.77. The molecule has 102 valence electrons. The highest BCUT2D eigenvalue weighted by atomic mass is 79.9. The average Bonchev–Trinajstić information content (AvgIpc) is 3.08. The Kier molecular flexibility index (Phi) is 3.93. The molecule has 0 aliphatic carbocycles. The fourth-order valence-corrected chi connectivity index (χ4v) is 2.57. The Morgan fingerprint density at radius 2 is 1.90 bits per heavy atom. The number of aromatic amines is 1. The predicted molar refractivity (Wildman–Crippen MR) is 83.6 cm³/mol. The highest BCUT2D eigenvalue weighted by molar-refractivity contribution is 9.10. The minimum atomic E-state index is 0.657. The first-order chi connectivity index (χ1) is 9.76. The van der Waals surface area contributed by atoms with Crippen LogP contribution in [-0.4, -0.2) is 20.9 Å². The minimum Gasteiger partial charge on any atom is -0.453 e. The molecule has 0 spiro atoms. The van der Waals surface area contributed by atoms with E-state index in [-0.39, 0.29) is 0 Å². The number of nitrogens with one attached hydrogen (secondary N) is 1. The number of thioether (sulfide) groups is 1. The van der Waals surface area contributed by atoms with Gasteiger partial charge in [-0.1, -0.05) is 46.7 Å². The van der Waals surface area contributed by atoms with Crippen LogP contribution >= 0.6 is 27.7 Å². The molecule has 0 fully saturated rings. The molecule has 0 radical (unpaired) electrons. The number of hydrogen-bond donors (Lipinski definition) is 1. The lowest BCUT2D eigenvalue weighted by atomic mass is 10.2. The zero-order chi connectivity index (χ0) is 13.9. The summed E-state index contributed by atoms with van der Waals surface area (Å²) >= 11 is 5.02. The highest BCUT2D eigenvalue weighted by Gasteiger charge is 2.11. The van der Waals surface area contributed by atoms with E-state index in [9.17, 15) is 0 Å².